The maximum absolute atomic E-state index is 11.9. The normalized spacial score (nSPS) is 11.9. The lowest BCUT2D eigenvalue weighted by atomic mass is 10.3. The monoisotopic (exact) mass is 265 g/mol. The third kappa shape index (κ3) is 2.30. The summed E-state index contributed by atoms with van der Waals surface area (Å²) in [7, 11) is 0. The van der Waals surface area contributed by atoms with Crippen molar-refractivity contribution in [2.24, 2.45) is 0 Å². The number of ketones is 1. The van der Waals surface area contributed by atoms with Gasteiger partial charge in [0.15, 0.2) is 5.78 Å². The van der Waals surface area contributed by atoms with Crippen LogP contribution in [0.15, 0.2) is 22.3 Å². The molecule has 0 saturated heterocycles. The molecule has 0 aliphatic heterocycles. The van der Waals surface area contributed by atoms with E-state index in [0.717, 1.165) is 0 Å². The molecule has 0 aliphatic rings. The van der Waals surface area contributed by atoms with Crippen molar-refractivity contribution in [3.8, 4) is 0 Å². The van der Waals surface area contributed by atoms with Gasteiger partial charge in [-0.25, -0.2) is 0 Å². The van der Waals surface area contributed by atoms with Crippen molar-refractivity contribution < 1.29 is 4.79 Å². The highest BCUT2D eigenvalue weighted by molar-refractivity contribution is 7.12. The first-order valence-electron chi connectivity index (χ1n) is 5.11. The SMILES string of the molecule is C=c1s/c(=C/C(=O)c2cccs2)n(CC)c1=O. The highest BCUT2D eigenvalue weighted by Crippen LogP contribution is 2.09. The number of hydrogen-bond donors (Lipinski definition) is 0. The second-order valence-electron chi connectivity index (χ2n) is 3.40. The van der Waals surface area contributed by atoms with Gasteiger partial charge in [0.2, 0.25) is 0 Å². The fraction of sp³-hybridized carbons (Fsp3) is 0.167. The predicted octanol–water partition coefficient (Wildman–Crippen LogP) is 1.06. The molecule has 5 heteroatoms. The molecule has 0 aromatic carbocycles. The molecule has 0 amide bonds. The lowest BCUT2D eigenvalue weighted by Gasteiger charge is -1.94. The number of thiazole rings is 1. The number of carbonyl (C=O) groups excluding carboxylic acids is 1. The molecular weight excluding hydrogens is 254 g/mol. The number of aromatic nitrogens is 1. The fourth-order valence-corrected chi connectivity index (χ4v) is 3.06. The van der Waals surface area contributed by atoms with Crippen LogP contribution in [-0.2, 0) is 6.54 Å². The first kappa shape index (κ1) is 12.0. The zero-order valence-electron chi connectivity index (χ0n) is 9.30. The maximum Gasteiger partial charge on any atom is 0.268 e. The number of rotatable bonds is 3. The molecule has 2 heterocycles. The van der Waals surface area contributed by atoms with Gasteiger partial charge in [0.25, 0.3) is 5.56 Å². The summed E-state index contributed by atoms with van der Waals surface area (Å²) >= 11 is 2.65. The van der Waals surface area contributed by atoms with Gasteiger partial charge in [-0.2, -0.15) is 0 Å². The van der Waals surface area contributed by atoms with E-state index < -0.39 is 0 Å². The Morgan fingerprint density at radius 3 is 2.94 bits per heavy atom. The summed E-state index contributed by atoms with van der Waals surface area (Å²) in [5.41, 5.74) is -0.109. The van der Waals surface area contributed by atoms with Crippen LogP contribution in [0, 0.1) is 0 Å². The Bertz CT molecular complexity index is 692. The van der Waals surface area contributed by atoms with Gasteiger partial charge in [-0.1, -0.05) is 12.6 Å². The molecule has 3 nitrogen and oxygen atoms in total. The third-order valence-electron chi connectivity index (χ3n) is 2.31. The van der Waals surface area contributed by atoms with E-state index in [1.54, 1.807) is 10.6 Å². The predicted molar refractivity (Wildman–Crippen MR) is 72.1 cm³/mol. The minimum Gasteiger partial charge on any atom is -0.299 e. The van der Waals surface area contributed by atoms with Crippen LogP contribution in [0.2, 0.25) is 0 Å². The minimum absolute atomic E-state index is 0.0662. The maximum atomic E-state index is 11.9. The second kappa shape index (κ2) is 4.81. The summed E-state index contributed by atoms with van der Waals surface area (Å²) in [6.45, 7) is 6.10. The van der Waals surface area contributed by atoms with Gasteiger partial charge in [-0.15, -0.1) is 22.7 Å². The highest BCUT2D eigenvalue weighted by atomic mass is 32.1. The lowest BCUT2D eigenvalue weighted by molar-refractivity contribution is 0.106. The smallest absolute Gasteiger partial charge is 0.268 e. The summed E-state index contributed by atoms with van der Waals surface area (Å²) in [4.78, 5) is 24.2. The van der Waals surface area contributed by atoms with Crippen molar-refractivity contribution in [2.75, 3.05) is 0 Å². The molecule has 88 valence electrons. The van der Waals surface area contributed by atoms with Gasteiger partial charge in [0.1, 0.15) is 4.66 Å². The Morgan fingerprint density at radius 2 is 2.35 bits per heavy atom. The van der Waals surface area contributed by atoms with Crippen molar-refractivity contribution in [3.63, 3.8) is 0 Å². The van der Waals surface area contributed by atoms with Gasteiger partial charge in [0.05, 0.1) is 9.41 Å². The van der Waals surface area contributed by atoms with Gasteiger partial charge < -0.3 is 0 Å². The summed E-state index contributed by atoms with van der Waals surface area (Å²) in [6, 6.07) is 3.61. The Hall–Kier alpha value is -1.46. The van der Waals surface area contributed by atoms with Crippen LogP contribution in [0.25, 0.3) is 12.7 Å². The van der Waals surface area contributed by atoms with Gasteiger partial charge in [-0.3, -0.25) is 14.2 Å². The molecular formula is C12H11NO2S2. The van der Waals surface area contributed by atoms with E-state index in [1.807, 2.05) is 18.4 Å². The van der Waals surface area contributed by atoms with Crippen LogP contribution >= 0.6 is 22.7 Å². The topological polar surface area (TPSA) is 39.1 Å². The number of Topliss-reactive ketones (excluding diaryl/α,β-unsaturated/α-hetero) is 1. The average Bonchev–Trinajstić information content (AvgIpc) is 2.89. The van der Waals surface area contributed by atoms with E-state index in [1.165, 1.54) is 28.7 Å². The van der Waals surface area contributed by atoms with Crippen LogP contribution in [-0.4, -0.2) is 10.4 Å². The standard InChI is InChI=1S/C12H11NO2S2/c1-3-13-11(17-8(2)12(13)15)7-9(14)10-5-4-6-16-10/h4-7H,2-3H2,1H3/b11-7+. The number of nitrogens with zero attached hydrogens (tertiary/aromatic N) is 1. The van der Waals surface area contributed by atoms with Crippen molar-refractivity contribution >= 4 is 41.1 Å². The Labute approximate surface area is 106 Å². The van der Waals surface area contributed by atoms with Crippen LogP contribution in [0.3, 0.4) is 0 Å². The van der Waals surface area contributed by atoms with E-state index in [2.05, 4.69) is 6.58 Å². The Morgan fingerprint density at radius 1 is 1.59 bits per heavy atom. The lowest BCUT2D eigenvalue weighted by Crippen LogP contribution is -2.30. The first-order valence-corrected chi connectivity index (χ1v) is 6.81. The summed E-state index contributed by atoms with van der Waals surface area (Å²) in [6.07, 6.45) is 1.51. The molecule has 0 saturated carbocycles. The van der Waals surface area contributed by atoms with E-state index in [0.29, 0.717) is 20.6 Å². The van der Waals surface area contributed by atoms with Crippen molar-refractivity contribution in [2.45, 2.75) is 13.5 Å². The van der Waals surface area contributed by atoms with Crippen LogP contribution in [0.5, 0.6) is 0 Å². The van der Waals surface area contributed by atoms with Crippen molar-refractivity contribution in [1.82, 2.24) is 4.57 Å². The molecule has 0 atom stereocenters. The van der Waals surface area contributed by atoms with Gasteiger partial charge in [0, 0.05) is 12.6 Å². The van der Waals surface area contributed by atoms with E-state index in [4.69, 9.17) is 0 Å². The third-order valence-corrected chi connectivity index (χ3v) is 4.17. The van der Waals surface area contributed by atoms with Gasteiger partial charge >= 0.3 is 0 Å². The highest BCUT2D eigenvalue weighted by Gasteiger charge is 2.06. The number of carbonyl (C=O) groups is 1. The largest absolute Gasteiger partial charge is 0.299 e. The van der Waals surface area contributed by atoms with Crippen LogP contribution in [0.4, 0.5) is 0 Å². The van der Waals surface area contributed by atoms with E-state index in [-0.39, 0.29) is 11.3 Å². The molecule has 17 heavy (non-hydrogen) atoms. The molecule has 2 rings (SSSR count). The molecule has 0 fully saturated rings. The number of thiophene rings is 1. The second-order valence-corrected chi connectivity index (χ2v) is 5.46. The molecule has 2 aromatic rings. The molecule has 0 radical (unpaired) electrons. The molecule has 0 unspecified atom stereocenters. The molecule has 0 N–H and O–H groups in total. The zero-order chi connectivity index (χ0) is 12.4. The Balaban J connectivity index is 2.55. The van der Waals surface area contributed by atoms with Crippen molar-refractivity contribution in [1.29, 1.82) is 0 Å². The van der Waals surface area contributed by atoms with E-state index in [9.17, 15) is 9.59 Å². The molecule has 0 spiro atoms. The van der Waals surface area contributed by atoms with Crippen LogP contribution in [0.1, 0.15) is 16.6 Å². The quantitative estimate of drug-likeness (QED) is 0.779. The summed E-state index contributed by atoms with van der Waals surface area (Å²) in [5, 5.41) is 1.86. The summed E-state index contributed by atoms with van der Waals surface area (Å²) in [5.74, 6) is -0.0662. The van der Waals surface area contributed by atoms with Gasteiger partial charge in [-0.05, 0) is 18.4 Å². The molecule has 2 aromatic heterocycles. The molecule has 0 aliphatic carbocycles. The zero-order valence-corrected chi connectivity index (χ0v) is 10.9. The van der Waals surface area contributed by atoms with Crippen LogP contribution < -0.4 is 14.8 Å². The van der Waals surface area contributed by atoms with E-state index >= 15 is 0 Å². The minimum atomic E-state index is -0.109. The summed E-state index contributed by atoms with van der Waals surface area (Å²) < 4.78 is 2.70. The first-order chi connectivity index (χ1) is 8.13. The fourth-order valence-electron chi connectivity index (χ4n) is 1.48. The van der Waals surface area contributed by atoms with Crippen molar-refractivity contribution in [3.05, 3.63) is 41.9 Å². The average molecular weight is 265 g/mol. The Kier molecular flexibility index (Phi) is 3.40. The molecule has 0 bridgehead atoms. The number of hydrogen-bond acceptors (Lipinski definition) is 4.